The van der Waals surface area contributed by atoms with Crippen LogP contribution in [0, 0.1) is 0 Å². The highest BCUT2D eigenvalue weighted by atomic mass is 79.9. The number of ether oxygens (including phenoxy) is 1. The summed E-state index contributed by atoms with van der Waals surface area (Å²) in [5.74, 6) is 0. The van der Waals surface area contributed by atoms with Crippen molar-refractivity contribution in [3.63, 3.8) is 0 Å². The third kappa shape index (κ3) is 3.80. The van der Waals surface area contributed by atoms with Crippen LogP contribution in [0.3, 0.4) is 0 Å². The second-order valence-corrected chi connectivity index (χ2v) is 5.93. The molecule has 0 aliphatic carbocycles. The molecule has 2 heterocycles. The third-order valence-corrected chi connectivity index (χ3v) is 4.24. The number of hydrogen-bond acceptors (Lipinski definition) is 3. The molecule has 0 bridgehead atoms. The summed E-state index contributed by atoms with van der Waals surface area (Å²) in [6.07, 6.45) is 6.84. The molecule has 1 N–H and O–H groups in total. The zero-order valence-corrected chi connectivity index (χ0v) is 13.4. The first-order chi connectivity index (χ1) is 9.26. The minimum atomic E-state index is 0.319. The van der Waals surface area contributed by atoms with E-state index in [0.717, 1.165) is 37.0 Å². The number of halogens is 1. The Morgan fingerprint density at radius 3 is 3.05 bits per heavy atom. The molecule has 1 saturated heterocycles. The lowest BCUT2D eigenvalue weighted by molar-refractivity contribution is 0.0935. The Hall–Kier alpha value is -0.390. The summed E-state index contributed by atoms with van der Waals surface area (Å²) in [7, 11) is 0. The van der Waals surface area contributed by atoms with Crippen LogP contribution in [0.25, 0.3) is 0 Å². The van der Waals surface area contributed by atoms with Crippen molar-refractivity contribution in [3.05, 3.63) is 16.4 Å². The van der Waals surface area contributed by atoms with Gasteiger partial charge in [-0.05, 0) is 55.1 Å². The van der Waals surface area contributed by atoms with Gasteiger partial charge in [0.1, 0.15) is 0 Å². The first-order valence-corrected chi connectivity index (χ1v) is 8.11. The minimum absolute atomic E-state index is 0.319. The molecule has 108 valence electrons. The fraction of sp³-hybridized carbons (Fsp3) is 0.786. The molecule has 2 rings (SSSR count). The van der Waals surface area contributed by atoms with Crippen molar-refractivity contribution >= 4 is 15.9 Å². The van der Waals surface area contributed by atoms with Crippen LogP contribution in [0.4, 0.5) is 0 Å². The van der Waals surface area contributed by atoms with Crippen LogP contribution in [0.15, 0.2) is 10.7 Å². The highest BCUT2D eigenvalue weighted by Gasteiger charge is 2.25. The van der Waals surface area contributed by atoms with Crippen molar-refractivity contribution in [1.29, 1.82) is 0 Å². The lowest BCUT2D eigenvalue weighted by Gasteiger charge is -2.23. The van der Waals surface area contributed by atoms with Gasteiger partial charge in [-0.25, -0.2) is 0 Å². The molecule has 0 amide bonds. The van der Waals surface area contributed by atoms with Crippen molar-refractivity contribution in [2.45, 2.75) is 58.2 Å². The van der Waals surface area contributed by atoms with E-state index < -0.39 is 0 Å². The third-order valence-electron chi connectivity index (χ3n) is 3.63. The van der Waals surface area contributed by atoms with Gasteiger partial charge < -0.3 is 10.1 Å². The van der Waals surface area contributed by atoms with Crippen molar-refractivity contribution < 1.29 is 4.74 Å². The molecule has 0 aromatic carbocycles. The lowest BCUT2D eigenvalue weighted by atomic mass is 10.0. The summed E-state index contributed by atoms with van der Waals surface area (Å²) in [6.45, 7) is 7.17. The second-order valence-electron chi connectivity index (χ2n) is 5.07. The highest BCUT2D eigenvalue weighted by molar-refractivity contribution is 9.10. The Bertz CT molecular complexity index is 388. The van der Waals surface area contributed by atoms with Gasteiger partial charge in [0.2, 0.25) is 0 Å². The normalized spacial score (nSPS) is 20.9. The summed E-state index contributed by atoms with van der Waals surface area (Å²) < 4.78 is 8.96. The van der Waals surface area contributed by atoms with Crippen LogP contribution >= 0.6 is 15.9 Å². The Labute approximate surface area is 124 Å². The van der Waals surface area contributed by atoms with Gasteiger partial charge in [0, 0.05) is 13.2 Å². The SMILES string of the molecule is CCCNC(CC1CCCO1)c1c(Br)cnn1CC. The van der Waals surface area contributed by atoms with E-state index >= 15 is 0 Å². The maximum Gasteiger partial charge on any atom is 0.0696 e. The van der Waals surface area contributed by atoms with Crippen LogP contribution in [-0.4, -0.2) is 29.0 Å². The van der Waals surface area contributed by atoms with Crippen molar-refractivity contribution in [3.8, 4) is 0 Å². The maximum atomic E-state index is 5.79. The number of hydrogen-bond donors (Lipinski definition) is 1. The molecule has 2 unspecified atom stereocenters. The van der Waals surface area contributed by atoms with Crippen molar-refractivity contribution in [2.75, 3.05) is 13.2 Å². The predicted molar refractivity (Wildman–Crippen MR) is 80.2 cm³/mol. The number of rotatable bonds is 7. The molecule has 1 aliphatic heterocycles. The van der Waals surface area contributed by atoms with Gasteiger partial charge in [0.15, 0.2) is 0 Å². The molecule has 1 aromatic heterocycles. The average molecular weight is 330 g/mol. The first kappa shape index (κ1) is 15.0. The first-order valence-electron chi connectivity index (χ1n) is 7.32. The minimum Gasteiger partial charge on any atom is -0.378 e. The van der Waals surface area contributed by atoms with Crippen molar-refractivity contribution in [1.82, 2.24) is 15.1 Å². The molecule has 1 aromatic rings. The van der Waals surface area contributed by atoms with Gasteiger partial charge in [-0.15, -0.1) is 0 Å². The van der Waals surface area contributed by atoms with Gasteiger partial charge in [0.25, 0.3) is 0 Å². The average Bonchev–Trinajstić information content (AvgIpc) is 3.04. The fourth-order valence-electron chi connectivity index (χ4n) is 2.67. The summed E-state index contributed by atoms with van der Waals surface area (Å²) in [5.41, 5.74) is 1.26. The van der Waals surface area contributed by atoms with E-state index in [1.54, 1.807) is 0 Å². The van der Waals surface area contributed by atoms with Gasteiger partial charge >= 0.3 is 0 Å². The number of aromatic nitrogens is 2. The molecule has 4 nitrogen and oxygen atoms in total. The Balaban J connectivity index is 2.12. The molecule has 5 heteroatoms. The zero-order valence-electron chi connectivity index (χ0n) is 11.9. The van der Waals surface area contributed by atoms with Gasteiger partial charge in [-0.3, -0.25) is 4.68 Å². The molecular formula is C14H24BrN3O. The van der Waals surface area contributed by atoms with E-state index in [0.29, 0.717) is 12.1 Å². The molecule has 1 fully saturated rings. The predicted octanol–water partition coefficient (Wildman–Crippen LogP) is 3.28. The topological polar surface area (TPSA) is 39.1 Å². The summed E-state index contributed by atoms with van der Waals surface area (Å²) in [4.78, 5) is 0. The quantitative estimate of drug-likeness (QED) is 0.834. The highest BCUT2D eigenvalue weighted by Crippen LogP contribution is 2.29. The van der Waals surface area contributed by atoms with Crippen LogP contribution in [-0.2, 0) is 11.3 Å². The van der Waals surface area contributed by atoms with Crippen LogP contribution in [0.1, 0.15) is 51.3 Å². The van der Waals surface area contributed by atoms with Crippen LogP contribution < -0.4 is 5.32 Å². The molecule has 0 radical (unpaired) electrons. The van der Waals surface area contributed by atoms with E-state index in [1.807, 2.05) is 6.20 Å². The number of aryl methyl sites for hydroxylation is 1. The van der Waals surface area contributed by atoms with E-state index in [-0.39, 0.29) is 0 Å². The van der Waals surface area contributed by atoms with Crippen LogP contribution in [0.2, 0.25) is 0 Å². The van der Waals surface area contributed by atoms with E-state index in [1.165, 1.54) is 18.5 Å². The number of nitrogens with one attached hydrogen (secondary N) is 1. The fourth-order valence-corrected chi connectivity index (χ4v) is 3.25. The summed E-state index contributed by atoms with van der Waals surface area (Å²) in [6, 6.07) is 0.319. The second kappa shape index (κ2) is 7.41. The standard InChI is InChI=1S/C14H24BrN3O/c1-3-7-16-13(9-11-6-5-8-19-11)14-12(15)10-17-18(14)4-2/h10-11,13,16H,3-9H2,1-2H3. The summed E-state index contributed by atoms with van der Waals surface area (Å²) in [5, 5.41) is 8.07. The Kier molecular flexibility index (Phi) is 5.85. The van der Waals surface area contributed by atoms with Crippen LogP contribution in [0.5, 0.6) is 0 Å². The Morgan fingerprint density at radius 2 is 2.42 bits per heavy atom. The maximum absolute atomic E-state index is 5.79. The van der Waals surface area contributed by atoms with Gasteiger partial charge in [-0.2, -0.15) is 5.10 Å². The molecule has 1 aliphatic rings. The van der Waals surface area contributed by atoms with E-state index in [4.69, 9.17) is 4.74 Å². The molecule has 0 spiro atoms. The Morgan fingerprint density at radius 1 is 1.58 bits per heavy atom. The van der Waals surface area contributed by atoms with Crippen molar-refractivity contribution in [2.24, 2.45) is 0 Å². The van der Waals surface area contributed by atoms with E-state index in [2.05, 4.69) is 44.9 Å². The van der Waals surface area contributed by atoms with Gasteiger partial charge in [-0.1, -0.05) is 6.92 Å². The lowest BCUT2D eigenvalue weighted by Crippen LogP contribution is -2.28. The van der Waals surface area contributed by atoms with E-state index in [9.17, 15) is 0 Å². The zero-order chi connectivity index (χ0) is 13.7. The molecular weight excluding hydrogens is 306 g/mol. The summed E-state index contributed by atoms with van der Waals surface area (Å²) >= 11 is 3.64. The molecule has 0 saturated carbocycles. The number of nitrogens with zero attached hydrogens (tertiary/aromatic N) is 2. The molecule has 19 heavy (non-hydrogen) atoms. The van der Waals surface area contributed by atoms with Gasteiger partial charge in [0.05, 0.1) is 28.5 Å². The smallest absolute Gasteiger partial charge is 0.0696 e. The largest absolute Gasteiger partial charge is 0.378 e. The monoisotopic (exact) mass is 329 g/mol. The molecule has 2 atom stereocenters.